The molecule has 0 bridgehead atoms. The number of likely N-dealkylation sites (tertiary alicyclic amines) is 1. The van der Waals surface area contributed by atoms with Gasteiger partial charge in [-0.15, -0.1) is 11.3 Å². The average Bonchev–Trinajstić information content (AvgIpc) is 3.19. The molecule has 0 N–H and O–H groups in total. The Morgan fingerprint density at radius 3 is 2.38 bits per heavy atom. The highest BCUT2D eigenvalue weighted by Crippen LogP contribution is 2.35. The van der Waals surface area contributed by atoms with Crippen LogP contribution >= 0.6 is 11.3 Å². The Morgan fingerprint density at radius 1 is 0.923 bits per heavy atom. The highest BCUT2D eigenvalue weighted by Gasteiger charge is 2.25. The lowest BCUT2D eigenvalue weighted by Crippen LogP contribution is -2.41. The minimum absolute atomic E-state index is 0.215. The molecule has 1 aliphatic heterocycles. The molecule has 2 heterocycles. The average molecular weight is 368 g/mol. The van der Waals surface area contributed by atoms with Crippen molar-refractivity contribution in [2.75, 3.05) is 6.54 Å². The van der Waals surface area contributed by atoms with Gasteiger partial charge in [0.05, 0.1) is 4.88 Å². The Hall–Kier alpha value is -1.61. The van der Waals surface area contributed by atoms with Gasteiger partial charge < -0.3 is 4.90 Å². The lowest BCUT2D eigenvalue weighted by Gasteiger charge is -2.33. The summed E-state index contributed by atoms with van der Waals surface area (Å²) in [5.41, 5.74) is 2.73. The molecule has 1 aliphatic carbocycles. The first kappa shape index (κ1) is 17.8. The maximum Gasteiger partial charge on any atom is 0.264 e. The molecule has 138 valence electrons. The molecule has 1 aromatic carbocycles. The summed E-state index contributed by atoms with van der Waals surface area (Å²) in [5, 5.41) is 0. The van der Waals surface area contributed by atoms with Crippen LogP contribution in [0, 0.1) is 0 Å². The predicted octanol–water partition coefficient (Wildman–Crippen LogP) is 6.48. The summed E-state index contributed by atoms with van der Waals surface area (Å²) in [4.78, 5) is 17.0. The van der Waals surface area contributed by atoms with Crippen molar-refractivity contribution in [1.29, 1.82) is 0 Å². The lowest BCUT2D eigenvalue weighted by atomic mass is 9.84. The van der Waals surface area contributed by atoms with Crippen LogP contribution < -0.4 is 0 Å². The number of piperidine rings is 1. The summed E-state index contributed by atoms with van der Waals surface area (Å²) >= 11 is 1.64. The molecule has 1 amide bonds. The van der Waals surface area contributed by atoms with Crippen LogP contribution in [0.1, 0.15) is 79.4 Å². The third-order valence-electron chi connectivity index (χ3n) is 6.15. The van der Waals surface area contributed by atoms with Crippen LogP contribution in [0.5, 0.6) is 0 Å². The number of hydrogen-bond donors (Lipinski definition) is 0. The van der Waals surface area contributed by atoms with Crippen LogP contribution in [0.15, 0.2) is 36.4 Å². The first-order valence-electron chi connectivity index (χ1n) is 10.2. The zero-order valence-electron chi connectivity index (χ0n) is 15.7. The standard InChI is InChI=1S/C23H29NOS/c1-17-7-5-6-16-24(17)23(25)22-15-14-21(26-22)20-12-10-19(11-13-20)18-8-3-2-4-9-18/h10-15,17-18H,2-9,16H2,1H3/t17-/m0/s1. The second-order valence-electron chi connectivity index (χ2n) is 7.96. The number of benzene rings is 1. The van der Waals surface area contributed by atoms with E-state index in [4.69, 9.17) is 0 Å². The van der Waals surface area contributed by atoms with Gasteiger partial charge in [-0.25, -0.2) is 0 Å². The van der Waals surface area contributed by atoms with Crippen molar-refractivity contribution in [3.63, 3.8) is 0 Å². The molecule has 0 spiro atoms. The fourth-order valence-corrected chi connectivity index (χ4v) is 5.47. The minimum Gasteiger partial charge on any atom is -0.335 e. The van der Waals surface area contributed by atoms with Crippen molar-refractivity contribution in [1.82, 2.24) is 4.90 Å². The summed E-state index contributed by atoms with van der Waals surface area (Å²) < 4.78 is 0. The zero-order chi connectivity index (χ0) is 17.9. The van der Waals surface area contributed by atoms with Crippen molar-refractivity contribution in [2.45, 2.75) is 70.3 Å². The van der Waals surface area contributed by atoms with Crippen molar-refractivity contribution in [3.05, 3.63) is 46.8 Å². The summed E-state index contributed by atoms with van der Waals surface area (Å²) in [6, 6.07) is 13.6. The van der Waals surface area contributed by atoms with Gasteiger partial charge in [-0.05, 0) is 68.2 Å². The van der Waals surface area contributed by atoms with Crippen molar-refractivity contribution >= 4 is 17.2 Å². The maximum atomic E-state index is 12.9. The predicted molar refractivity (Wildman–Crippen MR) is 110 cm³/mol. The van der Waals surface area contributed by atoms with Gasteiger partial charge in [0.15, 0.2) is 0 Å². The maximum absolute atomic E-state index is 12.9. The molecule has 0 unspecified atom stereocenters. The van der Waals surface area contributed by atoms with E-state index in [0.29, 0.717) is 6.04 Å². The molecule has 2 aromatic rings. The highest BCUT2D eigenvalue weighted by molar-refractivity contribution is 7.17. The van der Waals surface area contributed by atoms with Gasteiger partial charge in [0.25, 0.3) is 5.91 Å². The first-order valence-corrected chi connectivity index (χ1v) is 11.0. The summed E-state index contributed by atoms with van der Waals surface area (Å²) in [6.45, 7) is 3.08. The molecule has 1 saturated carbocycles. The Kier molecular flexibility index (Phi) is 5.44. The smallest absolute Gasteiger partial charge is 0.264 e. The number of thiophene rings is 1. The lowest BCUT2D eigenvalue weighted by molar-refractivity contribution is 0.0640. The summed E-state index contributed by atoms with van der Waals surface area (Å²) in [6.07, 6.45) is 10.3. The fraction of sp³-hybridized carbons (Fsp3) is 0.522. The molecule has 0 radical (unpaired) electrons. The normalized spacial score (nSPS) is 21.7. The topological polar surface area (TPSA) is 20.3 Å². The molecular formula is C23H29NOS. The van der Waals surface area contributed by atoms with E-state index < -0.39 is 0 Å². The molecular weight excluding hydrogens is 338 g/mol. The van der Waals surface area contributed by atoms with E-state index in [1.54, 1.807) is 11.3 Å². The number of carbonyl (C=O) groups excluding carboxylic acids is 1. The summed E-state index contributed by atoms with van der Waals surface area (Å²) in [7, 11) is 0. The van der Waals surface area contributed by atoms with Crippen molar-refractivity contribution in [2.24, 2.45) is 0 Å². The van der Waals surface area contributed by atoms with Gasteiger partial charge in [0, 0.05) is 17.5 Å². The number of rotatable bonds is 3. The van der Waals surface area contributed by atoms with Gasteiger partial charge in [-0.3, -0.25) is 4.79 Å². The van der Waals surface area contributed by atoms with Crippen LogP contribution in [-0.4, -0.2) is 23.4 Å². The second-order valence-corrected chi connectivity index (χ2v) is 9.05. The fourth-order valence-electron chi connectivity index (χ4n) is 4.50. The van der Waals surface area contributed by atoms with Gasteiger partial charge in [-0.1, -0.05) is 43.5 Å². The van der Waals surface area contributed by atoms with E-state index in [2.05, 4.69) is 42.2 Å². The molecule has 3 heteroatoms. The van der Waals surface area contributed by atoms with E-state index in [0.717, 1.165) is 30.2 Å². The highest BCUT2D eigenvalue weighted by atomic mass is 32.1. The van der Waals surface area contributed by atoms with Crippen LogP contribution in [0.2, 0.25) is 0 Å². The van der Waals surface area contributed by atoms with E-state index in [-0.39, 0.29) is 5.91 Å². The Labute approximate surface area is 161 Å². The molecule has 1 saturated heterocycles. The van der Waals surface area contributed by atoms with Crippen LogP contribution in [0.25, 0.3) is 10.4 Å². The molecule has 1 atom stereocenters. The minimum atomic E-state index is 0.215. The second kappa shape index (κ2) is 7.96. The largest absolute Gasteiger partial charge is 0.335 e. The molecule has 26 heavy (non-hydrogen) atoms. The molecule has 4 rings (SSSR count). The van der Waals surface area contributed by atoms with Gasteiger partial charge in [0.2, 0.25) is 0 Å². The molecule has 2 nitrogen and oxygen atoms in total. The van der Waals surface area contributed by atoms with Crippen molar-refractivity contribution < 1.29 is 4.79 Å². The van der Waals surface area contributed by atoms with Crippen LogP contribution in [0.3, 0.4) is 0 Å². The quantitative estimate of drug-likeness (QED) is 0.608. The Morgan fingerprint density at radius 2 is 1.65 bits per heavy atom. The summed E-state index contributed by atoms with van der Waals surface area (Å²) in [5.74, 6) is 0.964. The number of carbonyl (C=O) groups is 1. The van der Waals surface area contributed by atoms with E-state index in [1.165, 1.54) is 54.5 Å². The SMILES string of the molecule is C[C@H]1CCCCN1C(=O)c1ccc(-c2ccc(C3CCCCC3)cc2)s1. The van der Waals surface area contributed by atoms with E-state index in [1.807, 2.05) is 6.07 Å². The zero-order valence-corrected chi connectivity index (χ0v) is 16.6. The monoisotopic (exact) mass is 367 g/mol. The number of amides is 1. The first-order chi connectivity index (χ1) is 12.7. The molecule has 2 fully saturated rings. The Balaban J connectivity index is 1.48. The number of hydrogen-bond acceptors (Lipinski definition) is 2. The molecule has 1 aromatic heterocycles. The van der Waals surface area contributed by atoms with Crippen LogP contribution in [0.4, 0.5) is 0 Å². The van der Waals surface area contributed by atoms with E-state index >= 15 is 0 Å². The van der Waals surface area contributed by atoms with Gasteiger partial charge in [0.1, 0.15) is 0 Å². The molecule has 2 aliphatic rings. The van der Waals surface area contributed by atoms with E-state index in [9.17, 15) is 4.79 Å². The van der Waals surface area contributed by atoms with Gasteiger partial charge >= 0.3 is 0 Å². The third kappa shape index (κ3) is 3.73. The van der Waals surface area contributed by atoms with Gasteiger partial charge in [-0.2, -0.15) is 0 Å². The number of nitrogens with zero attached hydrogens (tertiary/aromatic N) is 1. The van der Waals surface area contributed by atoms with Crippen molar-refractivity contribution in [3.8, 4) is 10.4 Å². The van der Waals surface area contributed by atoms with Crippen LogP contribution in [-0.2, 0) is 0 Å². The Bertz CT molecular complexity index is 742. The third-order valence-corrected chi connectivity index (χ3v) is 7.27.